The van der Waals surface area contributed by atoms with E-state index in [4.69, 9.17) is 11.7 Å². The van der Waals surface area contributed by atoms with Gasteiger partial charge in [-0.2, -0.15) is 5.10 Å². The molecule has 0 aromatic carbocycles. The Morgan fingerprint density at radius 2 is 2.12 bits per heavy atom. The van der Waals surface area contributed by atoms with Crippen molar-refractivity contribution in [2.45, 2.75) is 45.2 Å². The molecule has 0 saturated heterocycles. The molecule has 11 heteroatoms. The van der Waals surface area contributed by atoms with Gasteiger partial charge < -0.3 is 21.2 Å². The summed E-state index contributed by atoms with van der Waals surface area (Å²) in [6.07, 6.45) is 5.49. The number of rotatable bonds is 6. The van der Waals surface area contributed by atoms with Crippen molar-refractivity contribution in [1.29, 1.82) is 0 Å². The number of carbonyl (C=O) groups is 2. The number of amidine groups is 1. The molecule has 4 rings (SSSR count). The summed E-state index contributed by atoms with van der Waals surface area (Å²) in [5.41, 5.74) is 2.58. The first-order valence-corrected chi connectivity index (χ1v) is 11.4. The number of anilines is 1. The molecule has 2 aromatic heterocycles. The first-order chi connectivity index (χ1) is 16.4. The summed E-state index contributed by atoms with van der Waals surface area (Å²) in [5, 5.41) is 17.0. The minimum Gasteiger partial charge on any atom is -0.394 e. The molecule has 2 aromatic rings. The molecule has 0 bridgehead atoms. The van der Waals surface area contributed by atoms with Gasteiger partial charge in [-0.15, -0.1) is 0 Å². The van der Waals surface area contributed by atoms with Crippen molar-refractivity contribution < 1.29 is 14.7 Å². The molecule has 1 fully saturated rings. The van der Waals surface area contributed by atoms with Gasteiger partial charge in [0.15, 0.2) is 5.84 Å². The fourth-order valence-electron chi connectivity index (χ4n) is 4.03. The Balaban J connectivity index is 1.47. The fraction of sp³-hybridized carbons (Fsp3) is 0.435. The van der Waals surface area contributed by atoms with Crippen LogP contribution in [0.15, 0.2) is 35.6 Å². The van der Waals surface area contributed by atoms with Gasteiger partial charge in [0.1, 0.15) is 17.2 Å². The van der Waals surface area contributed by atoms with Crippen LogP contribution in [-0.4, -0.2) is 61.8 Å². The molecule has 34 heavy (non-hydrogen) atoms. The SMILES string of the molecule is CC(CO)N(N)/C(=N\N)c1cccc(NC(=O)c2cc3c(cn2)CCN(C(=O)C2CCC2)C3)n1. The quantitative estimate of drug-likeness (QED) is 0.208. The normalized spacial score (nSPS) is 16.9. The number of pyridine rings is 2. The van der Waals surface area contributed by atoms with Gasteiger partial charge in [0.2, 0.25) is 5.91 Å². The zero-order valence-electron chi connectivity index (χ0n) is 19.1. The number of hydrazone groups is 1. The van der Waals surface area contributed by atoms with Crippen LogP contribution < -0.4 is 17.0 Å². The van der Waals surface area contributed by atoms with Crippen LogP contribution in [0.4, 0.5) is 5.82 Å². The molecule has 1 atom stereocenters. The van der Waals surface area contributed by atoms with Gasteiger partial charge in [-0.3, -0.25) is 19.6 Å². The van der Waals surface area contributed by atoms with E-state index in [1.807, 2.05) is 4.90 Å². The summed E-state index contributed by atoms with van der Waals surface area (Å²) in [5.74, 6) is 11.8. The van der Waals surface area contributed by atoms with Gasteiger partial charge in [-0.25, -0.2) is 10.8 Å². The number of hydrazine groups is 1. The average molecular weight is 467 g/mol. The Morgan fingerprint density at radius 3 is 2.79 bits per heavy atom. The fourth-order valence-corrected chi connectivity index (χ4v) is 4.03. The highest BCUT2D eigenvalue weighted by atomic mass is 16.3. The van der Waals surface area contributed by atoms with Crippen molar-refractivity contribution in [3.63, 3.8) is 0 Å². The lowest BCUT2D eigenvalue weighted by Crippen LogP contribution is -2.47. The summed E-state index contributed by atoms with van der Waals surface area (Å²) in [4.78, 5) is 36.1. The van der Waals surface area contributed by atoms with E-state index in [0.29, 0.717) is 18.8 Å². The van der Waals surface area contributed by atoms with Gasteiger partial charge in [0, 0.05) is 25.2 Å². The van der Waals surface area contributed by atoms with Crippen molar-refractivity contribution in [3.05, 3.63) is 53.0 Å². The highest BCUT2D eigenvalue weighted by Crippen LogP contribution is 2.30. The third-order valence-electron chi connectivity index (χ3n) is 6.42. The molecule has 1 aliphatic carbocycles. The molecule has 3 heterocycles. The number of nitrogens with two attached hydrogens (primary N) is 2. The zero-order valence-corrected chi connectivity index (χ0v) is 19.1. The summed E-state index contributed by atoms with van der Waals surface area (Å²) in [7, 11) is 0. The first kappa shape index (κ1) is 23.6. The Labute approximate surface area is 197 Å². The monoisotopic (exact) mass is 466 g/mol. The first-order valence-electron chi connectivity index (χ1n) is 11.4. The van der Waals surface area contributed by atoms with E-state index >= 15 is 0 Å². The Kier molecular flexibility index (Phi) is 7.03. The summed E-state index contributed by atoms with van der Waals surface area (Å²) < 4.78 is 0. The Morgan fingerprint density at radius 1 is 1.32 bits per heavy atom. The molecule has 2 amide bonds. The van der Waals surface area contributed by atoms with E-state index in [9.17, 15) is 14.7 Å². The van der Waals surface area contributed by atoms with Gasteiger partial charge in [-0.05, 0) is 55.5 Å². The van der Waals surface area contributed by atoms with Crippen LogP contribution in [0.3, 0.4) is 0 Å². The molecule has 0 spiro atoms. The number of fused-ring (bicyclic) bond motifs is 1. The minimum absolute atomic E-state index is 0.149. The number of amides is 2. The number of hydrogen-bond donors (Lipinski definition) is 4. The molecule has 1 unspecified atom stereocenters. The molecule has 2 aliphatic rings. The van der Waals surface area contributed by atoms with Gasteiger partial charge in [-0.1, -0.05) is 12.5 Å². The van der Waals surface area contributed by atoms with Gasteiger partial charge >= 0.3 is 0 Å². The van der Waals surface area contributed by atoms with E-state index in [-0.39, 0.29) is 35.8 Å². The molecule has 180 valence electrons. The van der Waals surface area contributed by atoms with Crippen molar-refractivity contribution in [2.24, 2.45) is 22.7 Å². The number of nitrogens with one attached hydrogen (secondary N) is 1. The number of carbonyl (C=O) groups excluding carboxylic acids is 2. The lowest BCUT2D eigenvalue weighted by molar-refractivity contribution is -0.139. The molecule has 6 N–H and O–H groups in total. The van der Waals surface area contributed by atoms with Crippen LogP contribution in [0.5, 0.6) is 0 Å². The smallest absolute Gasteiger partial charge is 0.275 e. The van der Waals surface area contributed by atoms with E-state index in [0.717, 1.165) is 36.8 Å². The lowest BCUT2D eigenvalue weighted by atomic mass is 9.84. The van der Waals surface area contributed by atoms with E-state index in [1.165, 1.54) is 5.01 Å². The van der Waals surface area contributed by atoms with Gasteiger partial charge in [0.05, 0.1) is 12.6 Å². The van der Waals surface area contributed by atoms with E-state index in [2.05, 4.69) is 20.4 Å². The maximum Gasteiger partial charge on any atom is 0.275 e. The largest absolute Gasteiger partial charge is 0.394 e. The predicted octanol–water partition coefficient (Wildman–Crippen LogP) is 0.591. The number of hydrogen-bond acceptors (Lipinski definition) is 8. The molecule has 1 aliphatic heterocycles. The molecule has 0 radical (unpaired) electrons. The summed E-state index contributed by atoms with van der Waals surface area (Å²) in [6.45, 7) is 2.69. The third kappa shape index (κ3) is 4.85. The second-order valence-electron chi connectivity index (χ2n) is 8.73. The predicted molar refractivity (Wildman–Crippen MR) is 126 cm³/mol. The topological polar surface area (TPSA) is 163 Å². The summed E-state index contributed by atoms with van der Waals surface area (Å²) >= 11 is 0. The standard InChI is InChI=1S/C23H30N8O3/c1-14(13-32)31(25)21(29-24)18-6-3-7-20(27-18)28-22(33)19-10-17-12-30(9-8-16(17)11-26-19)23(34)15-4-2-5-15/h3,6-7,10-11,14-15,32H,2,4-5,8-9,12-13,24-25H2,1H3,(H,27,28,33)/b29-21-. The van der Waals surface area contributed by atoms with Crippen LogP contribution in [0.2, 0.25) is 0 Å². The highest BCUT2D eigenvalue weighted by Gasteiger charge is 2.31. The second-order valence-corrected chi connectivity index (χ2v) is 8.73. The van der Waals surface area contributed by atoms with E-state index in [1.54, 1.807) is 37.4 Å². The van der Waals surface area contributed by atoms with Crippen LogP contribution >= 0.6 is 0 Å². The Bertz CT molecular complexity index is 1100. The molecular weight excluding hydrogens is 436 g/mol. The second kappa shape index (κ2) is 10.1. The third-order valence-corrected chi connectivity index (χ3v) is 6.42. The van der Waals surface area contributed by atoms with Crippen LogP contribution in [0, 0.1) is 5.92 Å². The van der Waals surface area contributed by atoms with Crippen molar-refractivity contribution in [2.75, 3.05) is 18.5 Å². The van der Waals surface area contributed by atoms with Crippen LogP contribution in [0.1, 0.15) is 53.5 Å². The van der Waals surface area contributed by atoms with E-state index < -0.39 is 11.9 Å². The average Bonchev–Trinajstić information content (AvgIpc) is 2.82. The lowest BCUT2D eigenvalue weighted by Gasteiger charge is -2.34. The molecular formula is C23H30N8O3. The highest BCUT2D eigenvalue weighted by molar-refractivity contribution is 6.03. The summed E-state index contributed by atoms with van der Waals surface area (Å²) in [6, 6.07) is 6.27. The van der Waals surface area contributed by atoms with Crippen molar-refractivity contribution in [1.82, 2.24) is 19.9 Å². The van der Waals surface area contributed by atoms with Gasteiger partial charge in [0.25, 0.3) is 5.91 Å². The van der Waals surface area contributed by atoms with Crippen LogP contribution in [-0.2, 0) is 17.8 Å². The van der Waals surface area contributed by atoms with Crippen molar-refractivity contribution in [3.8, 4) is 0 Å². The zero-order chi connectivity index (χ0) is 24.2. The molecule has 11 nitrogen and oxygen atoms in total. The maximum atomic E-state index is 12.9. The number of aliphatic hydroxyl groups is 1. The van der Waals surface area contributed by atoms with Crippen molar-refractivity contribution >= 4 is 23.5 Å². The number of aromatic nitrogens is 2. The maximum absolute atomic E-state index is 12.9. The number of nitrogens with zero attached hydrogens (tertiary/aromatic N) is 5. The molecule has 1 saturated carbocycles. The minimum atomic E-state index is -0.433. The number of aliphatic hydroxyl groups excluding tert-OH is 1. The Hall–Kier alpha value is -3.57. The van der Waals surface area contributed by atoms with Crippen LogP contribution in [0.25, 0.3) is 0 Å².